The van der Waals surface area contributed by atoms with Gasteiger partial charge in [-0.1, -0.05) is 36.4 Å². The molecule has 0 radical (unpaired) electrons. The summed E-state index contributed by atoms with van der Waals surface area (Å²) >= 11 is 0. The van der Waals surface area contributed by atoms with Gasteiger partial charge in [-0.05, 0) is 67.5 Å². The number of rotatable bonds is 6. The SMILES string of the molecule is O=S1(=O)C[C@H](NCCc2ccccc2)[C@@H](S(=O)(=O)c2ccc3c(c2)CCCC3)C1. The zero-order valence-corrected chi connectivity index (χ0v) is 18.0. The lowest BCUT2D eigenvalue weighted by Crippen LogP contribution is -2.44. The molecular weight excluding hydrogens is 406 g/mol. The fourth-order valence-electron chi connectivity index (χ4n) is 4.42. The molecule has 0 bridgehead atoms. The van der Waals surface area contributed by atoms with Gasteiger partial charge in [0.05, 0.1) is 21.7 Å². The van der Waals surface area contributed by atoms with Crippen LogP contribution in [0.15, 0.2) is 53.4 Å². The Morgan fingerprint density at radius 1 is 0.931 bits per heavy atom. The van der Waals surface area contributed by atoms with Gasteiger partial charge >= 0.3 is 0 Å². The Kier molecular flexibility index (Phi) is 5.82. The van der Waals surface area contributed by atoms with Crippen LogP contribution in [0.4, 0.5) is 0 Å². The highest BCUT2D eigenvalue weighted by Gasteiger charge is 2.45. The van der Waals surface area contributed by atoms with Crippen LogP contribution in [0.3, 0.4) is 0 Å². The van der Waals surface area contributed by atoms with E-state index in [-0.39, 0.29) is 16.4 Å². The number of nitrogens with one attached hydrogen (secondary N) is 1. The third kappa shape index (κ3) is 4.57. The number of hydrogen-bond acceptors (Lipinski definition) is 5. The highest BCUT2D eigenvalue weighted by molar-refractivity contribution is 7.96. The van der Waals surface area contributed by atoms with Gasteiger partial charge in [-0.3, -0.25) is 0 Å². The van der Waals surface area contributed by atoms with Gasteiger partial charge in [-0.25, -0.2) is 16.8 Å². The van der Waals surface area contributed by atoms with Gasteiger partial charge in [-0.2, -0.15) is 0 Å². The molecule has 1 heterocycles. The van der Waals surface area contributed by atoms with Crippen molar-refractivity contribution in [1.29, 1.82) is 0 Å². The van der Waals surface area contributed by atoms with Gasteiger partial charge in [0.15, 0.2) is 19.7 Å². The van der Waals surface area contributed by atoms with E-state index in [1.54, 1.807) is 12.1 Å². The molecule has 0 aromatic heterocycles. The van der Waals surface area contributed by atoms with Crippen molar-refractivity contribution >= 4 is 19.7 Å². The second-order valence-electron chi connectivity index (χ2n) is 8.09. The van der Waals surface area contributed by atoms with E-state index in [1.807, 2.05) is 36.4 Å². The first-order valence-corrected chi connectivity index (χ1v) is 13.6. The number of sulfone groups is 2. The summed E-state index contributed by atoms with van der Waals surface area (Å²) in [5, 5.41) is 2.28. The molecule has 0 saturated carbocycles. The Balaban J connectivity index is 1.53. The molecule has 2 aliphatic rings. The predicted molar refractivity (Wildman–Crippen MR) is 115 cm³/mol. The average molecular weight is 434 g/mol. The first-order chi connectivity index (χ1) is 13.9. The Hall–Kier alpha value is -1.70. The van der Waals surface area contributed by atoms with Crippen LogP contribution in [0.2, 0.25) is 0 Å². The lowest BCUT2D eigenvalue weighted by atomic mass is 9.92. The minimum absolute atomic E-state index is 0.128. The number of aryl methyl sites for hydroxylation is 2. The van der Waals surface area contributed by atoms with Gasteiger partial charge in [0.2, 0.25) is 0 Å². The van der Waals surface area contributed by atoms with Crippen LogP contribution >= 0.6 is 0 Å². The molecule has 7 heteroatoms. The molecule has 5 nitrogen and oxygen atoms in total. The van der Waals surface area contributed by atoms with Gasteiger partial charge in [-0.15, -0.1) is 0 Å². The second kappa shape index (κ2) is 8.20. The molecule has 1 aliphatic carbocycles. The number of hydrogen-bond donors (Lipinski definition) is 1. The normalized spacial score (nSPS) is 23.6. The molecule has 0 amide bonds. The van der Waals surface area contributed by atoms with Crippen LogP contribution in [-0.4, -0.2) is 46.2 Å². The monoisotopic (exact) mass is 433 g/mol. The topological polar surface area (TPSA) is 80.3 Å². The van der Waals surface area contributed by atoms with Crippen molar-refractivity contribution in [2.45, 2.75) is 48.3 Å². The smallest absolute Gasteiger partial charge is 0.183 e. The summed E-state index contributed by atoms with van der Waals surface area (Å²) in [6, 6.07) is 14.6. The Morgan fingerprint density at radius 2 is 1.66 bits per heavy atom. The van der Waals surface area contributed by atoms with Crippen molar-refractivity contribution in [3.63, 3.8) is 0 Å². The van der Waals surface area contributed by atoms with Gasteiger partial charge in [0.1, 0.15) is 0 Å². The maximum Gasteiger partial charge on any atom is 0.183 e. The Labute approximate surface area is 173 Å². The molecule has 0 spiro atoms. The maximum absolute atomic E-state index is 13.3. The van der Waals surface area contributed by atoms with Crippen LogP contribution in [0.5, 0.6) is 0 Å². The van der Waals surface area contributed by atoms with E-state index in [1.165, 1.54) is 5.56 Å². The van der Waals surface area contributed by atoms with Crippen molar-refractivity contribution in [3.05, 3.63) is 65.2 Å². The summed E-state index contributed by atoms with van der Waals surface area (Å²) in [7, 11) is -7.12. The summed E-state index contributed by atoms with van der Waals surface area (Å²) in [5.41, 5.74) is 3.44. The van der Waals surface area contributed by atoms with Gasteiger partial charge < -0.3 is 5.32 Å². The third-order valence-electron chi connectivity index (χ3n) is 6.01. The van der Waals surface area contributed by atoms with E-state index in [4.69, 9.17) is 0 Å². The third-order valence-corrected chi connectivity index (χ3v) is 10.2. The summed E-state index contributed by atoms with van der Waals surface area (Å²) in [5.74, 6) is -0.438. The molecule has 2 aromatic rings. The summed E-state index contributed by atoms with van der Waals surface area (Å²) in [6.45, 7) is 0.542. The van der Waals surface area contributed by atoms with Crippen molar-refractivity contribution in [2.24, 2.45) is 0 Å². The summed E-state index contributed by atoms with van der Waals surface area (Å²) in [4.78, 5) is 0.259. The van der Waals surface area contributed by atoms with Crippen LogP contribution in [0, 0.1) is 0 Å². The zero-order chi connectivity index (χ0) is 20.5. The first kappa shape index (κ1) is 20.6. The second-order valence-corrected chi connectivity index (χ2v) is 12.4. The van der Waals surface area contributed by atoms with Gasteiger partial charge in [0, 0.05) is 6.04 Å². The van der Waals surface area contributed by atoms with Gasteiger partial charge in [0.25, 0.3) is 0 Å². The lowest BCUT2D eigenvalue weighted by Gasteiger charge is -2.22. The maximum atomic E-state index is 13.3. The summed E-state index contributed by atoms with van der Waals surface area (Å²) in [6.07, 6.45) is 4.80. The zero-order valence-electron chi connectivity index (χ0n) is 16.4. The molecule has 0 unspecified atom stereocenters. The molecule has 1 saturated heterocycles. The standard InChI is InChI=1S/C22H27NO4S2/c24-28(25)15-21(23-13-12-17-6-2-1-3-7-17)22(16-28)29(26,27)20-11-10-18-8-4-5-9-19(18)14-20/h1-3,6-7,10-11,14,21-23H,4-5,8-9,12-13,15-16H2/t21-,22-/m0/s1. The predicted octanol–water partition coefficient (Wildman–Crippen LogP) is 2.34. The molecule has 4 rings (SSSR count). The van der Waals surface area contributed by atoms with Crippen LogP contribution < -0.4 is 5.32 Å². The van der Waals surface area contributed by atoms with E-state index in [0.717, 1.165) is 43.2 Å². The fraction of sp³-hybridized carbons (Fsp3) is 0.455. The summed E-state index contributed by atoms with van der Waals surface area (Å²) < 4.78 is 51.3. The molecule has 2 aromatic carbocycles. The van der Waals surface area contributed by atoms with E-state index in [9.17, 15) is 16.8 Å². The Bertz CT molecular complexity index is 1080. The highest BCUT2D eigenvalue weighted by atomic mass is 32.2. The van der Waals surface area contributed by atoms with Crippen LogP contribution in [-0.2, 0) is 38.9 Å². The van der Waals surface area contributed by atoms with Crippen LogP contribution in [0.25, 0.3) is 0 Å². The van der Waals surface area contributed by atoms with Crippen LogP contribution in [0.1, 0.15) is 29.5 Å². The van der Waals surface area contributed by atoms with E-state index in [0.29, 0.717) is 6.54 Å². The molecule has 1 fully saturated rings. The minimum Gasteiger partial charge on any atom is -0.311 e. The minimum atomic E-state index is -3.73. The average Bonchev–Trinajstić information content (AvgIpc) is 3.03. The molecule has 1 N–H and O–H groups in total. The fourth-order valence-corrected chi connectivity index (χ4v) is 9.19. The number of fused-ring (bicyclic) bond motifs is 1. The Morgan fingerprint density at radius 3 is 2.41 bits per heavy atom. The first-order valence-electron chi connectivity index (χ1n) is 10.2. The van der Waals surface area contributed by atoms with Crippen molar-refractivity contribution in [3.8, 4) is 0 Å². The lowest BCUT2D eigenvalue weighted by molar-refractivity contribution is 0.528. The number of benzene rings is 2. The molecular formula is C22H27NO4S2. The largest absolute Gasteiger partial charge is 0.311 e. The van der Waals surface area contributed by atoms with E-state index in [2.05, 4.69) is 5.32 Å². The quantitative estimate of drug-likeness (QED) is 0.756. The molecule has 2 atom stereocenters. The molecule has 156 valence electrons. The highest BCUT2D eigenvalue weighted by Crippen LogP contribution is 2.29. The molecule has 29 heavy (non-hydrogen) atoms. The van der Waals surface area contributed by atoms with Crippen molar-refractivity contribution in [1.82, 2.24) is 5.32 Å². The van der Waals surface area contributed by atoms with Crippen molar-refractivity contribution < 1.29 is 16.8 Å². The molecule has 1 aliphatic heterocycles. The van der Waals surface area contributed by atoms with E-state index < -0.39 is 31.0 Å². The van der Waals surface area contributed by atoms with Crippen molar-refractivity contribution in [2.75, 3.05) is 18.1 Å². The van der Waals surface area contributed by atoms with E-state index >= 15 is 0 Å².